The minimum Gasteiger partial charge on any atom is -0.366 e. The number of nitrogens with zero attached hydrogens (tertiary/aromatic N) is 3. The van der Waals surface area contributed by atoms with Crippen LogP contribution in [0.3, 0.4) is 0 Å². The second-order valence-electron chi connectivity index (χ2n) is 4.73. The average molecular weight is 228 g/mol. The largest absolute Gasteiger partial charge is 0.366 e. The van der Waals surface area contributed by atoms with E-state index in [0.29, 0.717) is 6.04 Å². The van der Waals surface area contributed by atoms with E-state index in [0.717, 1.165) is 29.7 Å². The SMILES string of the molecule is CC1CC(N)CN1c1cnc2cccnc2c1. The van der Waals surface area contributed by atoms with Gasteiger partial charge in [0.1, 0.15) is 0 Å². The molecule has 3 rings (SSSR count). The van der Waals surface area contributed by atoms with Crippen molar-refractivity contribution in [3.05, 3.63) is 30.6 Å². The normalized spacial score (nSPS) is 24.5. The summed E-state index contributed by atoms with van der Waals surface area (Å²) in [6.45, 7) is 3.11. The van der Waals surface area contributed by atoms with Crippen LogP contribution in [-0.2, 0) is 0 Å². The van der Waals surface area contributed by atoms with Crippen LogP contribution in [0.4, 0.5) is 5.69 Å². The molecule has 0 saturated carbocycles. The van der Waals surface area contributed by atoms with Crippen molar-refractivity contribution in [2.24, 2.45) is 5.73 Å². The molecule has 0 bridgehead atoms. The van der Waals surface area contributed by atoms with Crippen molar-refractivity contribution in [2.75, 3.05) is 11.4 Å². The van der Waals surface area contributed by atoms with Crippen LogP contribution in [0.15, 0.2) is 30.6 Å². The highest BCUT2D eigenvalue weighted by Crippen LogP contribution is 2.25. The van der Waals surface area contributed by atoms with E-state index >= 15 is 0 Å². The molecule has 0 spiro atoms. The Hall–Kier alpha value is -1.68. The molecule has 2 unspecified atom stereocenters. The molecule has 4 heteroatoms. The molecule has 17 heavy (non-hydrogen) atoms. The second kappa shape index (κ2) is 3.96. The highest BCUT2D eigenvalue weighted by molar-refractivity contribution is 5.77. The van der Waals surface area contributed by atoms with E-state index < -0.39 is 0 Å². The number of anilines is 1. The van der Waals surface area contributed by atoms with Gasteiger partial charge in [-0.1, -0.05) is 0 Å². The molecule has 0 amide bonds. The van der Waals surface area contributed by atoms with Gasteiger partial charge in [0, 0.05) is 24.8 Å². The van der Waals surface area contributed by atoms with E-state index in [2.05, 4.69) is 27.9 Å². The minimum atomic E-state index is 0.268. The Morgan fingerprint density at radius 2 is 2.24 bits per heavy atom. The summed E-state index contributed by atoms with van der Waals surface area (Å²) >= 11 is 0. The molecule has 1 aliphatic heterocycles. The van der Waals surface area contributed by atoms with E-state index in [1.165, 1.54) is 0 Å². The van der Waals surface area contributed by atoms with Crippen molar-refractivity contribution in [3.8, 4) is 0 Å². The van der Waals surface area contributed by atoms with E-state index in [4.69, 9.17) is 5.73 Å². The fraction of sp³-hybridized carbons (Fsp3) is 0.385. The van der Waals surface area contributed by atoms with Crippen LogP contribution in [0.25, 0.3) is 11.0 Å². The molecule has 1 saturated heterocycles. The standard InChI is InChI=1S/C13H16N4/c1-9-5-10(14)8-17(9)11-6-13-12(16-7-11)3-2-4-15-13/h2-4,6-7,9-10H,5,8,14H2,1H3. The molecule has 2 aromatic heterocycles. The van der Waals surface area contributed by atoms with Crippen LogP contribution in [0.2, 0.25) is 0 Å². The lowest BCUT2D eigenvalue weighted by Crippen LogP contribution is -2.29. The van der Waals surface area contributed by atoms with Crippen LogP contribution < -0.4 is 10.6 Å². The van der Waals surface area contributed by atoms with Gasteiger partial charge < -0.3 is 10.6 Å². The monoisotopic (exact) mass is 228 g/mol. The van der Waals surface area contributed by atoms with E-state index in [1.54, 1.807) is 6.20 Å². The fourth-order valence-corrected chi connectivity index (χ4v) is 2.53. The first-order valence-corrected chi connectivity index (χ1v) is 5.97. The van der Waals surface area contributed by atoms with Crippen molar-refractivity contribution in [1.82, 2.24) is 9.97 Å². The van der Waals surface area contributed by atoms with Gasteiger partial charge in [0.25, 0.3) is 0 Å². The molecule has 0 aromatic carbocycles. The number of pyridine rings is 2. The number of fused-ring (bicyclic) bond motifs is 1. The van der Waals surface area contributed by atoms with E-state index in [1.807, 2.05) is 18.3 Å². The summed E-state index contributed by atoms with van der Waals surface area (Å²) < 4.78 is 0. The Morgan fingerprint density at radius 1 is 1.35 bits per heavy atom. The van der Waals surface area contributed by atoms with Gasteiger partial charge in [-0.05, 0) is 31.5 Å². The first-order chi connectivity index (χ1) is 8.24. The minimum absolute atomic E-state index is 0.268. The van der Waals surface area contributed by atoms with Gasteiger partial charge in [0.15, 0.2) is 0 Å². The first kappa shape index (κ1) is 10.5. The van der Waals surface area contributed by atoms with Gasteiger partial charge in [0.2, 0.25) is 0 Å². The van der Waals surface area contributed by atoms with Crippen LogP contribution in [0, 0.1) is 0 Å². The average Bonchev–Trinajstić information content (AvgIpc) is 2.68. The summed E-state index contributed by atoms with van der Waals surface area (Å²) in [6, 6.07) is 6.73. The predicted molar refractivity (Wildman–Crippen MR) is 68.9 cm³/mol. The molecule has 88 valence electrons. The molecule has 1 aliphatic rings. The molecular weight excluding hydrogens is 212 g/mol. The van der Waals surface area contributed by atoms with Gasteiger partial charge in [-0.3, -0.25) is 9.97 Å². The maximum Gasteiger partial charge on any atom is 0.0907 e. The molecule has 0 aliphatic carbocycles. The zero-order chi connectivity index (χ0) is 11.8. The third kappa shape index (κ3) is 1.85. The number of hydrogen-bond acceptors (Lipinski definition) is 4. The van der Waals surface area contributed by atoms with Gasteiger partial charge in [-0.25, -0.2) is 0 Å². The summed E-state index contributed by atoms with van der Waals surface area (Å²) in [4.78, 5) is 11.1. The zero-order valence-electron chi connectivity index (χ0n) is 9.87. The summed E-state index contributed by atoms with van der Waals surface area (Å²) in [7, 11) is 0. The highest BCUT2D eigenvalue weighted by atomic mass is 15.2. The lowest BCUT2D eigenvalue weighted by molar-refractivity contribution is 0.690. The second-order valence-corrected chi connectivity index (χ2v) is 4.73. The first-order valence-electron chi connectivity index (χ1n) is 5.97. The molecule has 2 N–H and O–H groups in total. The Bertz CT molecular complexity index is 540. The Balaban J connectivity index is 2.00. The van der Waals surface area contributed by atoms with Crippen LogP contribution in [0.1, 0.15) is 13.3 Å². The summed E-state index contributed by atoms with van der Waals surface area (Å²) in [5, 5.41) is 0. The van der Waals surface area contributed by atoms with E-state index in [-0.39, 0.29) is 6.04 Å². The summed E-state index contributed by atoms with van der Waals surface area (Å²) in [5.74, 6) is 0. The number of aromatic nitrogens is 2. The molecule has 4 nitrogen and oxygen atoms in total. The maximum atomic E-state index is 5.99. The molecule has 3 heterocycles. The summed E-state index contributed by atoms with van der Waals surface area (Å²) in [6.07, 6.45) is 4.76. The van der Waals surface area contributed by atoms with Crippen molar-refractivity contribution < 1.29 is 0 Å². The fourth-order valence-electron chi connectivity index (χ4n) is 2.53. The predicted octanol–water partition coefficient (Wildman–Crippen LogP) is 1.56. The van der Waals surface area contributed by atoms with Crippen molar-refractivity contribution in [2.45, 2.75) is 25.4 Å². The van der Waals surface area contributed by atoms with Gasteiger partial charge >= 0.3 is 0 Å². The van der Waals surface area contributed by atoms with E-state index in [9.17, 15) is 0 Å². The van der Waals surface area contributed by atoms with Gasteiger partial charge in [-0.2, -0.15) is 0 Å². The van der Waals surface area contributed by atoms with Crippen molar-refractivity contribution in [1.29, 1.82) is 0 Å². The Kier molecular flexibility index (Phi) is 2.44. The number of rotatable bonds is 1. The third-order valence-corrected chi connectivity index (χ3v) is 3.38. The molecular formula is C13H16N4. The molecule has 2 atom stereocenters. The van der Waals surface area contributed by atoms with Gasteiger partial charge in [-0.15, -0.1) is 0 Å². The number of nitrogens with two attached hydrogens (primary N) is 1. The number of hydrogen-bond donors (Lipinski definition) is 1. The highest BCUT2D eigenvalue weighted by Gasteiger charge is 2.26. The van der Waals surface area contributed by atoms with Gasteiger partial charge in [0.05, 0.1) is 22.9 Å². The summed E-state index contributed by atoms with van der Waals surface area (Å²) in [5.41, 5.74) is 8.99. The van der Waals surface area contributed by atoms with Crippen molar-refractivity contribution in [3.63, 3.8) is 0 Å². The lowest BCUT2D eigenvalue weighted by Gasteiger charge is -2.23. The van der Waals surface area contributed by atoms with Crippen LogP contribution >= 0.6 is 0 Å². The Labute approximate surface area is 100 Å². The zero-order valence-corrected chi connectivity index (χ0v) is 9.87. The van der Waals surface area contributed by atoms with Crippen LogP contribution in [-0.4, -0.2) is 28.6 Å². The Morgan fingerprint density at radius 3 is 3.00 bits per heavy atom. The smallest absolute Gasteiger partial charge is 0.0907 e. The maximum absolute atomic E-state index is 5.99. The quantitative estimate of drug-likeness (QED) is 0.804. The molecule has 0 radical (unpaired) electrons. The molecule has 2 aromatic rings. The topological polar surface area (TPSA) is 55.0 Å². The third-order valence-electron chi connectivity index (χ3n) is 3.38. The lowest BCUT2D eigenvalue weighted by atomic mass is 10.2. The van der Waals surface area contributed by atoms with Crippen LogP contribution in [0.5, 0.6) is 0 Å². The van der Waals surface area contributed by atoms with Crippen molar-refractivity contribution >= 4 is 16.7 Å². The molecule has 1 fully saturated rings.